The summed E-state index contributed by atoms with van der Waals surface area (Å²) in [6.07, 6.45) is -0.224. The zero-order valence-electron chi connectivity index (χ0n) is 5.28. The lowest BCUT2D eigenvalue weighted by Crippen LogP contribution is -2.30. The molecule has 1 atom stereocenters. The SMILES string of the molecule is C.C.NC(CCC(=O)O)C(=O)O. The summed E-state index contributed by atoms with van der Waals surface area (Å²) in [4.78, 5) is 19.9. The third-order valence-corrected chi connectivity index (χ3v) is 0.986. The normalized spacial score (nSPS) is 10.4. The molecule has 0 aromatic rings. The Balaban J connectivity index is -0.000000405. The van der Waals surface area contributed by atoms with Gasteiger partial charge in [-0.25, -0.2) is 0 Å². The molecule has 0 heterocycles. The number of hydrogen-bond acceptors (Lipinski definition) is 3. The maximum atomic E-state index is 9.99. The van der Waals surface area contributed by atoms with E-state index in [1.54, 1.807) is 0 Å². The number of carbonyl (C=O) groups is 2. The van der Waals surface area contributed by atoms with Crippen LogP contribution in [0.2, 0.25) is 0 Å². The summed E-state index contributed by atoms with van der Waals surface area (Å²) in [6.45, 7) is 0. The monoisotopic (exact) mass is 179 g/mol. The summed E-state index contributed by atoms with van der Waals surface area (Å²) in [5.74, 6) is -2.20. The first kappa shape index (κ1) is 17.1. The van der Waals surface area contributed by atoms with Gasteiger partial charge in [-0.15, -0.1) is 0 Å². The largest absolute Gasteiger partial charge is 0.481 e. The first-order valence-corrected chi connectivity index (χ1v) is 2.74. The minimum absolute atomic E-state index is 0. The average Bonchev–Trinajstić information content (AvgIpc) is 1.82. The molecule has 0 saturated heterocycles. The molecule has 0 fully saturated rings. The second-order valence-electron chi connectivity index (χ2n) is 1.88. The Bertz CT molecular complexity index is 146. The molecule has 0 aliphatic rings. The van der Waals surface area contributed by atoms with Crippen LogP contribution in [0.5, 0.6) is 0 Å². The second kappa shape index (κ2) is 8.00. The van der Waals surface area contributed by atoms with Crippen LogP contribution >= 0.6 is 0 Å². The van der Waals surface area contributed by atoms with Crippen molar-refractivity contribution in [3.05, 3.63) is 0 Å². The maximum absolute atomic E-state index is 9.99. The minimum Gasteiger partial charge on any atom is -0.481 e. The lowest BCUT2D eigenvalue weighted by molar-refractivity contribution is -0.139. The van der Waals surface area contributed by atoms with Crippen molar-refractivity contribution >= 4 is 11.9 Å². The van der Waals surface area contributed by atoms with Gasteiger partial charge in [-0.1, -0.05) is 14.9 Å². The summed E-state index contributed by atoms with van der Waals surface area (Å²) in [5.41, 5.74) is 5.00. The van der Waals surface area contributed by atoms with Crippen molar-refractivity contribution in [3.63, 3.8) is 0 Å². The lowest BCUT2D eigenvalue weighted by Gasteiger charge is -2.01. The summed E-state index contributed by atoms with van der Waals surface area (Å²) < 4.78 is 0. The van der Waals surface area contributed by atoms with Gasteiger partial charge >= 0.3 is 11.9 Å². The molecular weight excluding hydrogens is 162 g/mol. The van der Waals surface area contributed by atoms with E-state index in [9.17, 15) is 9.59 Å². The van der Waals surface area contributed by atoms with Crippen molar-refractivity contribution in [2.45, 2.75) is 33.7 Å². The summed E-state index contributed by atoms with van der Waals surface area (Å²) >= 11 is 0. The van der Waals surface area contributed by atoms with Crippen LogP contribution in [0.25, 0.3) is 0 Å². The standard InChI is InChI=1S/C5H9NO4.2CH4/c6-3(5(9)10)1-2-4(7)8;;/h3H,1-2,6H2,(H,7,8)(H,9,10);2*1H4. The number of nitrogens with two attached hydrogens (primary N) is 1. The molecule has 0 aliphatic heterocycles. The Hall–Kier alpha value is -1.10. The van der Waals surface area contributed by atoms with Crippen molar-refractivity contribution < 1.29 is 19.8 Å². The molecule has 5 nitrogen and oxygen atoms in total. The van der Waals surface area contributed by atoms with E-state index in [2.05, 4.69) is 0 Å². The number of carboxylic acid groups (broad SMARTS) is 2. The fourth-order valence-electron chi connectivity index (χ4n) is 0.402. The van der Waals surface area contributed by atoms with Crippen molar-refractivity contribution in [2.75, 3.05) is 0 Å². The van der Waals surface area contributed by atoms with E-state index in [0.717, 1.165) is 0 Å². The fraction of sp³-hybridized carbons (Fsp3) is 0.714. The van der Waals surface area contributed by atoms with Crippen LogP contribution in [0, 0.1) is 0 Å². The third-order valence-electron chi connectivity index (χ3n) is 0.986. The van der Waals surface area contributed by atoms with Crippen LogP contribution in [-0.2, 0) is 9.59 Å². The molecule has 0 aliphatic carbocycles. The quantitative estimate of drug-likeness (QED) is 0.584. The molecule has 0 saturated carbocycles. The predicted octanol–water partition coefficient (Wildman–Crippen LogP) is 0.535. The van der Waals surface area contributed by atoms with E-state index >= 15 is 0 Å². The van der Waals surface area contributed by atoms with Crippen molar-refractivity contribution in [1.29, 1.82) is 0 Å². The number of aliphatic carboxylic acids is 2. The fourth-order valence-corrected chi connectivity index (χ4v) is 0.402. The number of carboxylic acids is 2. The Morgan fingerprint density at radius 2 is 1.67 bits per heavy atom. The van der Waals surface area contributed by atoms with Crippen LogP contribution in [0.4, 0.5) is 0 Å². The number of hydrogen-bond donors (Lipinski definition) is 3. The van der Waals surface area contributed by atoms with E-state index in [1.165, 1.54) is 0 Å². The molecule has 0 aromatic heterocycles. The molecule has 1 unspecified atom stereocenters. The summed E-state index contributed by atoms with van der Waals surface area (Å²) in [5, 5.41) is 16.3. The first-order chi connectivity index (χ1) is 4.54. The molecule has 0 radical (unpaired) electrons. The Morgan fingerprint density at radius 1 is 1.25 bits per heavy atom. The second-order valence-corrected chi connectivity index (χ2v) is 1.88. The molecule has 0 aromatic carbocycles. The van der Waals surface area contributed by atoms with Gasteiger partial charge in [-0.3, -0.25) is 9.59 Å². The smallest absolute Gasteiger partial charge is 0.320 e. The Labute approximate surface area is 72.2 Å². The lowest BCUT2D eigenvalue weighted by atomic mass is 10.2. The molecule has 0 bridgehead atoms. The van der Waals surface area contributed by atoms with Crippen LogP contribution < -0.4 is 5.73 Å². The van der Waals surface area contributed by atoms with E-state index in [1.807, 2.05) is 0 Å². The topological polar surface area (TPSA) is 101 Å². The van der Waals surface area contributed by atoms with Gasteiger partial charge in [0.2, 0.25) is 0 Å². The molecule has 12 heavy (non-hydrogen) atoms. The van der Waals surface area contributed by atoms with Gasteiger partial charge in [0.15, 0.2) is 0 Å². The Kier molecular flexibility index (Phi) is 11.4. The maximum Gasteiger partial charge on any atom is 0.320 e. The van der Waals surface area contributed by atoms with Crippen molar-refractivity contribution in [1.82, 2.24) is 0 Å². The number of rotatable bonds is 4. The van der Waals surface area contributed by atoms with E-state index in [-0.39, 0.29) is 27.7 Å². The van der Waals surface area contributed by atoms with Crippen LogP contribution in [0.3, 0.4) is 0 Å². The first-order valence-electron chi connectivity index (χ1n) is 2.74. The van der Waals surface area contributed by atoms with Crippen LogP contribution in [0.1, 0.15) is 27.7 Å². The molecule has 0 spiro atoms. The van der Waals surface area contributed by atoms with Gasteiger partial charge < -0.3 is 15.9 Å². The molecular formula is C7H17NO4. The van der Waals surface area contributed by atoms with Gasteiger partial charge in [-0.05, 0) is 6.42 Å². The summed E-state index contributed by atoms with van der Waals surface area (Å²) in [7, 11) is 0. The van der Waals surface area contributed by atoms with Gasteiger partial charge in [0.1, 0.15) is 6.04 Å². The average molecular weight is 179 g/mol. The van der Waals surface area contributed by atoms with Crippen LogP contribution in [0.15, 0.2) is 0 Å². The molecule has 4 N–H and O–H groups in total. The van der Waals surface area contributed by atoms with Crippen molar-refractivity contribution in [3.8, 4) is 0 Å². The van der Waals surface area contributed by atoms with Gasteiger partial charge in [0.05, 0.1) is 0 Å². The molecule has 0 amide bonds. The summed E-state index contributed by atoms with van der Waals surface area (Å²) in [6, 6.07) is -1.06. The van der Waals surface area contributed by atoms with Gasteiger partial charge in [0, 0.05) is 6.42 Å². The van der Waals surface area contributed by atoms with Crippen LogP contribution in [-0.4, -0.2) is 28.2 Å². The van der Waals surface area contributed by atoms with E-state index in [0.29, 0.717) is 0 Å². The van der Waals surface area contributed by atoms with Gasteiger partial charge in [-0.2, -0.15) is 0 Å². The van der Waals surface area contributed by atoms with E-state index in [4.69, 9.17) is 15.9 Å². The Morgan fingerprint density at radius 3 is 1.92 bits per heavy atom. The van der Waals surface area contributed by atoms with Crippen molar-refractivity contribution in [2.24, 2.45) is 5.73 Å². The zero-order chi connectivity index (χ0) is 8.15. The highest BCUT2D eigenvalue weighted by Crippen LogP contribution is 1.93. The highest BCUT2D eigenvalue weighted by molar-refractivity contribution is 5.74. The van der Waals surface area contributed by atoms with Gasteiger partial charge in [0.25, 0.3) is 0 Å². The molecule has 74 valence electrons. The molecule has 5 heteroatoms. The zero-order valence-corrected chi connectivity index (χ0v) is 5.28. The molecule has 0 rings (SSSR count). The van der Waals surface area contributed by atoms with E-state index < -0.39 is 18.0 Å². The predicted molar refractivity (Wildman–Crippen MR) is 45.9 cm³/mol. The third kappa shape index (κ3) is 8.90. The highest BCUT2D eigenvalue weighted by atomic mass is 16.4. The minimum atomic E-state index is -1.17. The highest BCUT2D eigenvalue weighted by Gasteiger charge is 2.12.